The van der Waals surface area contributed by atoms with Crippen molar-refractivity contribution < 1.29 is 0 Å². The molecule has 0 saturated heterocycles. The predicted octanol–water partition coefficient (Wildman–Crippen LogP) is 3.20. The minimum atomic E-state index is 0.624. The van der Waals surface area contributed by atoms with E-state index in [1.807, 2.05) is 0 Å². The van der Waals surface area contributed by atoms with Gasteiger partial charge in [0.1, 0.15) is 0 Å². The summed E-state index contributed by atoms with van der Waals surface area (Å²) in [5.41, 5.74) is 2.74. The van der Waals surface area contributed by atoms with Crippen molar-refractivity contribution in [1.29, 1.82) is 0 Å². The largest absolute Gasteiger partial charge is 0.382 e. The maximum absolute atomic E-state index is 3.48. The summed E-state index contributed by atoms with van der Waals surface area (Å²) in [6.07, 6.45) is 2.44. The summed E-state index contributed by atoms with van der Waals surface area (Å²) in [5, 5.41) is 3.47. The first-order valence-corrected chi connectivity index (χ1v) is 5.10. The van der Waals surface area contributed by atoms with E-state index in [1.165, 1.54) is 28.6 Å². The van der Waals surface area contributed by atoms with Crippen LogP contribution < -0.4 is 5.32 Å². The number of nitrogens with one attached hydrogen (secondary N) is 1. The van der Waals surface area contributed by atoms with Gasteiger partial charge in [0, 0.05) is 16.2 Å². The third-order valence-corrected chi connectivity index (χ3v) is 2.81. The molecule has 1 nitrogen and oxygen atoms in total. The third kappa shape index (κ3) is 1.48. The fraction of sp³-hybridized carbons (Fsp3) is 0.400. The van der Waals surface area contributed by atoms with Crippen LogP contribution in [0.25, 0.3) is 0 Å². The van der Waals surface area contributed by atoms with Crippen LogP contribution in [0.2, 0.25) is 0 Å². The summed E-state index contributed by atoms with van der Waals surface area (Å²) in [5.74, 6) is 0. The molecule has 0 unspecified atom stereocenters. The molecule has 1 aromatic rings. The molecule has 0 aromatic heterocycles. The van der Waals surface area contributed by atoms with Crippen molar-refractivity contribution in [2.45, 2.75) is 25.8 Å². The second kappa shape index (κ2) is 3.09. The standard InChI is InChI=1S/C10H12BrN/c1-7-2-3-8-6-9(11)4-5-10(8)12-7/h4-7,12H,2-3H2,1H3/t7-/m0/s1. The molecule has 1 aromatic carbocycles. The van der Waals surface area contributed by atoms with Gasteiger partial charge in [0.25, 0.3) is 0 Å². The Labute approximate surface area is 81.3 Å². The van der Waals surface area contributed by atoms with Gasteiger partial charge in [-0.05, 0) is 43.5 Å². The zero-order valence-corrected chi connectivity index (χ0v) is 8.69. The molecule has 2 rings (SSSR count). The molecule has 1 heterocycles. The molecule has 2 heteroatoms. The van der Waals surface area contributed by atoms with Gasteiger partial charge in [0.2, 0.25) is 0 Å². The fourth-order valence-corrected chi connectivity index (χ4v) is 2.03. The molecule has 0 saturated carbocycles. The van der Waals surface area contributed by atoms with Crippen LogP contribution in [0, 0.1) is 0 Å². The van der Waals surface area contributed by atoms with E-state index in [2.05, 4.69) is 46.4 Å². The second-order valence-corrected chi connectivity index (χ2v) is 4.30. The van der Waals surface area contributed by atoms with Crippen molar-refractivity contribution in [3.63, 3.8) is 0 Å². The monoisotopic (exact) mass is 225 g/mol. The quantitative estimate of drug-likeness (QED) is 0.716. The molecular formula is C10H12BrN. The van der Waals surface area contributed by atoms with E-state index in [-0.39, 0.29) is 0 Å². The lowest BCUT2D eigenvalue weighted by Gasteiger charge is -2.24. The van der Waals surface area contributed by atoms with E-state index in [0.29, 0.717) is 6.04 Å². The van der Waals surface area contributed by atoms with E-state index in [1.54, 1.807) is 0 Å². The maximum atomic E-state index is 3.48. The maximum Gasteiger partial charge on any atom is 0.0375 e. The number of anilines is 1. The van der Waals surface area contributed by atoms with E-state index in [4.69, 9.17) is 0 Å². The molecule has 0 radical (unpaired) electrons. The van der Waals surface area contributed by atoms with E-state index >= 15 is 0 Å². The van der Waals surface area contributed by atoms with E-state index in [0.717, 1.165) is 0 Å². The molecule has 1 aliphatic heterocycles. The van der Waals surface area contributed by atoms with Gasteiger partial charge in [-0.3, -0.25) is 0 Å². The number of hydrogen-bond acceptors (Lipinski definition) is 1. The zero-order valence-electron chi connectivity index (χ0n) is 7.10. The van der Waals surface area contributed by atoms with Crippen LogP contribution in [-0.4, -0.2) is 6.04 Å². The summed E-state index contributed by atoms with van der Waals surface area (Å²) in [7, 11) is 0. The molecule has 12 heavy (non-hydrogen) atoms. The van der Waals surface area contributed by atoms with Crippen LogP contribution in [0.4, 0.5) is 5.69 Å². The number of aryl methyl sites for hydroxylation is 1. The Morgan fingerprint density at radius 2 is 2.33 bits per heavy atom. The smallest absolute Gasteiger partial charge is 0.0375 e. The zero-order chi connectivity index (χ0) is 8.55. The van der Waals surface area contributed by atoms with Crippen molar-refractivity contribution in [2.24, 2.45) is 0 Å². The molecule has 0 amide bonds. The first-order chi connectivity index (χ1) is 5.75. The molecule has 1 aliphatic rings. The normalized spacial score (nSPS) is 21.3. The second-order valence-electron chi connectivity index (χ2n) is 3.39. The average molecular weight is 226 g/mol. The Kier molecular flexibility index (Phi) is 2.09. The molecule has 64 valence electrons. The van der Waals surface area contributed by atoms with Gasteiger partial charge in [-0.15, -0.1) is 0 Å². The summed E-state index contributed by atoms with van der Waals surface area (Å²) in [4.78, 5) is 0. The summed E-state index contributed by atoms with van der Waals surface area (Å²) in [6, 6.07) is 7.06. The summed E-state index contributed by atoms with van der Waals surface area (Å²) < 4.78 is 1.18. The molecular weight excluding hydrogens is 214 g/mol. The number of halogens is 1. The Morgan fingerprint density at radius 3 is 3.17 bits per heavy atom. The molecule has 0 bridgehead atoms. The number of fused-ring (bicyclic) bond motifs is 1. The van der Waals surface area contributed by atoms with Crippen LogP contribution in [0.1, 0.15) is 18.9 Å². The molecule has 0 fully saturated rings. The lowest BCUT2D eigenvalue weighted by molar-refractivity contribution is 0.681. The van der Waals surface area contributed by atoms with Crippen molar-refractivity contribution in [2.75, 3.05) is 5.32 Å². The topological polar surface area (TPSA) is 12.0 Å². The van der Waals surface area contributed by atoms with Crippen molar-refractivity contribution in [3.05, 3.63) is 28.2 Å². The molecule has 1 atom stereocenters. The highest BCUT2D eigenvalue weighted by Crippen LogP contribution is 2.27. The molecule has 1 N–H and O–H groups in total. The van der Waals surface area contributed by atoms with E-state index in [9.17, 15) is 0 Å². The number of hydrogen-bond donors (Lipinski definition) is 1. The Hall–Kier alpha value is -0.500. The van der Waals surface area contributed by atoms with Gasteiger partial charge in [-0.25, -0.2) is 0 Å². The molecule has 0 spiro atoms. The van der Waals surface area contributed by atoms with E-state index < -0.39 is 0 Å². The van der Waals surface area contributed by atoms with Gasteiger partial charge in [0.05, 0.1) is 0 Å². The van der Waals surface area contributed by atoms with Crippen molar-refractivity contribution >= 4 is 21.6 Å². The van der Waals surface area contributed by atoms with Crippen LogP contribution in [0.5, 0.6) is 0 Å². The van der Waals surface area contributed by atoms with Crippen molar-refractivity contribution in [1.82, 2.24) is 0 Å². The van der Waals surface area contributed by atoms with Gasteiger partial charge >= 0.3 is 0 Å². The number of benzene rings is 1. The SMILES string of the molecule is C[C@H]1CCc2cc(Br)ccc2N1. The first-order valence-electron chi connectivity index (χ1n) is 4.30. The Bertz CT molecular complexity index is 296. The van der Waals surface area contributed by atoms with Gasteiger partial charge < -0.3 is 5.32 Å². The van der Waals surface area contributed by atoms with Crippen molar-refractivity contribution in [3.8, 4) is 0 Å². The summed E-state index contributed by atoms with van der Waals surface area (Å²) in [6.45, 7) is 2.23. The average Bonchev–Trinajstić information content (AvgIpc) is 2.05. The highest BCUT2D eigenvalue weighted by Gasteiger charge is 2.13. The first kappa shape index (κ1) is 8.11. The molecule has 0 aliphatic carbocycles. The highest BCUT2D eigenvalue weighted by atomic mass is 79.9. The highest BCUT2D eigenvalue weighted by molar-refractivity contribution is 9.10. The van der Waals surface area contributed by atoms with Crippen LogP contribution >= 0.6 is 15.9 Å². The van der Waals surface area contributed by atoms with Crippen LogP contribution in [-0.2, 0) is 6.42 Å². The van der Waals surface area contributed by atoms with Crippen LogP contribution in [0.3, 0.4) is 0 Å². The van der Waals surface area contributed by atoms with Gasteiger partial charge in [-0.1, -0.05) is 15.9 Å². The summed E-state index contributed by atoms with van der Waals surface area (Å²) >= 11 is 3.48. The van der Waals surface area contributed by atoms with Gasteiger partial charge in [0.15, 0.2) is 0 Å². The lowest BCUT2D eigenvalue weighted by atomic mass is 9.99. The minimum Gasteiger partial charge on any atom is -0.382 e. The Balaban J connectivity index is 2.37. The number of rotatable bonds is 0. The van der Waals surface area contributed by atoms with Crippen LogP contribution in [0.15, 0.2) is 22.7 Å². The minimum absolute atomic E-state index is 0.624. The fourth-order valence-electron chi connectivity index (χ4n) is 1.62. The Morgan fingerprint density at radius 1 is 1.50 bits per heavy atom. The lowest BCUT2D eigenvalue weighted by Crippen LogP contribution is -2.21. The predicted molar refractivity (Wildman–Crippen MR) is 55.5 cm³/mol. The van der Waals surface area contributed by atoms with Gasteiger partial charge in [-0.2, -0.15) is 0 Å². The third-order valence-electron chi connectivity index (χ3n) is 2.32.